The van der Waals surface area contributed by atoms with E-state index in [1.807, 2.05) is 12.1 Å². The van der Waals surface area contributed by atoms with Crippen molar-refractivity contribution in [1.29, 1.82) is 0 Å². The summed E-state index contributed by atoms with van der Waals surface area (Å²) in [6.45, 7) is 7.98. The molecule has 7 nitrogen and oxygen atoms in total. The third-order valence-electron chi connectivity index (χ3n) is 5.81. The highest BCUT2D eigenvalue weighted by molar-refractivity contribution is 7.92. The van der Waals surface area contributed by atoms with E-state index in [9.17, 15) is 22.4 Å². The van der Waals surface area contributed by atoms with Crippen molar-refractivity contribution in [3.05, 3.63) is 89.7 Å². The summed E-state index contributed by atoms with van der Waals surface area (Å²) in [6, 6.07) is 17.8. The molecule has 0 aliphatic carbocycles. The van der Waals surface area contributed by atoms with Crippen LogP contribution in [-0.4, -0.2) is 32.5 Å². The molecule has 2 N–H and O–H groups in total. The van der Waals surface area contributed by atoms with Gasteiger partial charge in [-0.15, -0.1) is 0 Å². The Kier molecular flexibility index (Phi) is 8.38. The van der Waals surface area contributed by atoms with Crippen molar-refractivity contribution in [3.8, 4) is 0 Å². The van der Waals surface area contributed by atoms with Crippen LogP contribution in [-0.2, 0) is 20.2 Å². The van der Waals surface area contributed by atoms with Gasteiger partial charge in [-0.2, -0.15) is 0 Å². The summed E-state index contributed by atoms with van der Waals surface area (Å²) in [4.78, 5) is 25.9. The molecule has 0 saturated heterocycles. The first-order valence-electron chi connectivity index (χ1n) is 11.9. The molecule has 0 aromatic heterocycles. The van der Waals surface area contributed by atoms with Crippen LogP contribution in [0.2, 0.25) is 0 Å². The number of amides is 2. The first-order valence-corrected chi connectivity index (χ1v) is 13.7. The normalized spacial score (nSPS) is 12.5. The lowest BCUT2D eigenvalue weighted by Crippen LogP contribution is -2.47. The number of carbonyl (C=O) groups is 2. The maximum Gasteiger partial charge on any atom is 0.255 e. The first kappa shape index (κ1) is 27.9. The summed E-state index contributed by atoms with van der Waals surface area (Å²) in [5.74, 6) is -1.37. The SMILES string of the molecule is CCC(C(=O)Nc1cccc(NC(=O)c2ccc(C(C)(C)C)cc2)c1)N(c1ccc(F)cc1)S(C)(=O)=O. The summed E-state index contributed by atoms with van der Waals surface area (Å²) in [5, 5.41) is 5.55. The van der Waals surface area contributed by atoms with Gasteiger partial charge in [0.05, 0.1) is 11.9 Å². The summed E-state index contributed by atoms with van der Waals surface area (Å²) < 4.78 is 39.5. The van der Waals surface area contributed by atoms with Crippen LogP contribution in [0.1, 0.15) is 50.0 Å². The molecule has 0 heterocycles. The molecular formula is C28H32FN3O4S. The van der Waals surface area contributed by atoms with Crippen LogP contribution in [0.4, 0.5) is 21.5 Å². The second-order valence-electron chi connectivity index (χ2n) is 9.81. The van der Waals surface area contributed by atoms with Crippen molar-refractivity contribution < 1.29 is 22.4 Å². The van der Waals surface area contributed by atoms with Gasteiger partial charge in [-0.25, -0.2) is 12.8 Å². The number of benzene rings is 3. The average molecular weight is 526 g/mol. The number of halogens is 1. The van der Waals surface area contributed by atoms with Crippen LogP contribution < -0.4 is 14.9 Å². The predicted molar refractivity (Wildman–Crippen MR) is 146 cm³/mol. The average Bonchev–Trinajstić information content (AvgIpc) is 2.82. The molecule has 0 aliphatic rings. The molecule has 0 fully saturated rings. The summed E-state index contributed by atoms with van der Waals surface area (Å²) in [6.07, 6.45) is 1.17. The Bertz CT molecular complexity index is 1370. The lowest BCUT2D eigenvalue weighted by molar-refractivity contribution is -0.117. The van der Waals surface area contributed by atoms with Gasteiger partial charge in [0.2, 0.25) is 15.9 Å². The predicted octanol–water partition coefficient (Wildman–Crippen LogP) is 5.56. The maximum atomic E-state index is 13.4. The second-order valence-corrected chi connectivity index (χ2v) is 11.7. The molecule has 0 spiro atoms. The number of sulfonamides is 1. The van der Waals surface area contributed by atoms with Gasteiger partial charge >= 0.3 is 0 Å². The zero-order chi connectivity index (χ0) is 27.4. The highest BCUT2D eigenvalue weighted by atomic mass is 32.2. The molecule has 0 aliphatic heterocycles. The number of rotatable bonds is 8. The van der Waals surface area contributed by atoms with E-state index >= 15 is 0 Å². The number of hydrogen-bond donors (Lipinski definition) is 2. The van der Waals surface area contributed by atoms with Crippen LogP contribution >= 0.6 is 0 Å². The standard InChI is InChI=1S/C28H32FN3O4S/c1-6-25(32(37(5,35)36)24-16-14-21(29)15-17-24)27(34)31-23-9-7-8-22(18-23)30-26(33)19-10-12-20(13-11-19)28(2,3)4/h7-18,25H,6H2,1-5H3,(H,30,33)(H,31,34). The largest absolute Gasteiger partial charge is 0.324 e. The molecule has 1 unspecified atom stereocenters. The van der Waals surface area contributed by atoms with E-state index in [0.29, 0.717) is 16.9 Å². The number of anilines is 3. The van der Waals surface area contributed by atoms with E-state index in [1.54, 1.807) is 43.3 Å². The first-order chi connectivity index (χ1) is 17.3. The van der Waals surface area contributed by atoms with E-state index in [0.717, 1.165) is 28.3 Å². The molecule has 3 rings (SSSR count). The molecule has 9 heteroatoms. The third-order valence-corrected chi connectivity index (χ3v) is 6.99. The lowest BCUT2D eigenvalue weighted by atomic mass is 9.87. The Morgan fingerprint density at radius 2 is 1.49 bits per heavy atom. The minimum absolute atomic E-state index is 0.0265. The Balaban J connectivity index is 1.77. The van der Waals surface area contributed by atoms with Crippen LogP contribution in [0.25, 0.3) is 0 Å². The minimum Gasteiger partial charge on any atom is -0.324 e. The molecule has 1 atom stereocenters. The fraction of sp³-hybridized carbons (Fsp3) is 0.286. The molecule has 0 saturated carbocycles. The highest BCUT2D eigenvalue weighted by Gasteiger charge is 2.31. The van der Waals surface area contributed by atoms with Crippen molar-refractivity contribution in [3.63, 3.8) is 0 Å². The molecule has 196 valence electrons. The van der Waals surface area contributed by atoms with Gasteiger partial charge in [0.25, 0.3) is 5.91 Å². The number of carbonyl (C=O) groups excluding carboxylic acids is 2. The van der Waals surface area contributed by atoms with Crippen molar-refractivity contribution in [1.82, 2.24) is 0 Å². The molecule has 37 heavy (non-hydrogen) atoms. The van der Waals surface area contributed by atoms with E-state index < -0.39 is 27.8 Å². The van der Waals surface area contributed by atoms with Gasteiger partial charge in [-0.05, 0) is 72.0 Å². The van der Waals surface area contributed by atoms with Crippen LogP contribution in [0.15, 0.2) is 72.8 Å². The molecule has 3 aromatic rings. The Morgan fingerprint density at radius 1 is 0.919 bits per heavy atom. The third kappa shape index (κ3) is 7.16. The van der Waals surface area contributed by atoms with Crippen LogP contribution in [0, 0.1) is 5.82 Å². The molecule has 0 radical (unpaired) electrons. The summed E-state index contributed by atoms with van der Waals surface area (Å²) in [5.41, 5.74) is 2.62. The zero-order valence-electron chi connectivity index (χ0n) is 21.6. The Labute approximate surface area is 217 Å². The monoisotopic (exact) mass is 525 g/mol. The fourth-order valence-electron chi connectivity index (χ4n) is 3.87. The van der Waals surface area contributed by atoms with Gasteiger partial charge in [0, 0.05) is 16.9 Å². The molecule has 2 amide bonds. The quantitative estimate of drug-likeness (QED) is 0.403. The zero-order valence-corrected chi connectivity index (χ0v) is 22.4. The van der Waals surface area contributed by atoms with E-state index in [1.165, 1.54) is 12.1 Å². The number of hydrogen-bond acceptors (Lipinski definition) is 4. The smallest absolute Gasteiger partial charge is 0.255 e. The number of nitrogens with one attached hydrogen (secondary N) is 2. The number of nitrogens with zero attached hydrogens (tertiary/aromatic N) is 1. The summed E-state index contributed by atoms with van der Waals surface area (Å²) in [7, 11) is -3.85. The van der Waals surface area contributed by atoms with Gasteiger partial charge in [0.15, 0.2) is 0 Å². The van der Waals surface area contributed by atoms with Gasteiger partial charge < -0.3 is 10.6 Å². The van der Waals surface area contributed by atoms with E-state index in [2.05, 4.69) is 31.4 Å². The van der Waals surface area contributed by atoms with Crippen LogP contribution in [0.5, 0.6) is 0 Å². The second kappa shape index (κ2) is 11.1. The lowest BCUT2D eigenvalue weighted by Gasteiger charge is -2.30. The molecule has 3 aromatic carbocycles. The molecule has 0 bridgehead atoms. The Morgan fingerprint density at radius 3 is 2.00 bits per heavy atom. The van der Waals surface area contributed by atoms with Crippen molar-refractivity contribution in [2.75, 3.05) is 21.2 Å². The molecular weight excluding hydrogens is 493 g/mol. The fourth-order valence-corrected chi connectivity index (χ4v) is 5.09. The van der Waals surface area contributed by atoms with Gasteiger partial charge in [-0.1, -0.05) is 45.9 Å². The summed E-state index contributed by atoms with van der Waals surface area (Å²) >= 11 is 0. The van der Waals surface area contributed by atoms with Gasteiger partial charge in [-0.3, -0.25) is 13.9 Å². The minimum atomic E-state index is -3.85. The van der Waals surface area contributed by atoms with Crippen molar-refractivity contribution in [2.45, 2.75) is 45.6 Å². The van der Waals surface area contributed by atoms with Crippen molar-refractivity contribution >= 4 is 38.9 Å². The van der Waals surface area contributed by atoms with Crippen LogP contribution in [0.3, 0.4) is 0 Å². The topological polar surface area (TPSA) is 95.6 Å². The van der Waals surface area contributed by atoms with Crippen molar-refractivity contribution in [2.24, 2.45) is 0 Å². The highest BCUT2D eigenvalue weighted by Crippen LogP contribution is 2.25. The van der Waals surface area contributed by atoms with E-state index in [-0.39, 0.29) is 23.4 Å². The van der Waals surface area contributed by atoms with Gasteiger partial charge in [0.1, 0.15) is 11.9 Å². The Hall–Kier alpha value is -3.72. The maximum absolute atomic E-state index is 13.4. The van der Waals surface area contributed by atoms with E-state index in [4.69, 9.17) is 0 Å².